The van der Waals surface area contributed by atoms with Gasteiger partial charge in [0.05, 0.1) is 0 Å². The van der Waals surface area contributed by atoms with Crippen LogP contribution in [0.5, 0.6) is 0 Å². The summed E-state index contributed by atoms with van der Waals surface area (Å²) in [6.07, 6.45) is 1.83. The summed E-state index contributed by atoms with van der Waals surface area (Å²) >= 11 is 6.10. The normalized spacial score (nSPS) is 13.0. The van der Waals surface area contributed by atoms with Crippen molar-refractivity contribution in [2.45, 2.75) is 25.8 Å². The van der Waals surface area contributed by atoms with E-state index in [4.69, 9.17) is 11.6 Å². The van der Waals surface area contributed by atoms with E-state index in [0.717, 1.165) is 31.5 Å². The summed E-state index contributed by atoms with van der Waals surface area (Å²) in [5.74, 6) is -0.228. The zero-order valence-electron chi connectivity index (χ0n) is 11.3. The van der Waals surface area contributed by atoms with Gasteiger partial charge in [-0.3, -0.25) is 0 Å². The zero-order chi connectivity index (χ0) is 13.5. The lowest BCUT2D eigenvalue weighted by Crippen LogP contribution is -2.40. The Kier molecular flexibility index (Phi) is 6.61. The largest absolute Gasteiger partial charge is 0.312 e. The Bertz CT molecular complexity index is 369. The molecule has 0 bridgehead atoms. The van der Waals surface area contributed by atoms with Crippen LogP contribution in [-0.2, 0) is 6.42 Å². The van der Waals surface area contributed by atoms with Crippen LogP contribution < -0.4 is 5.32 Å². The van der Waals surface area contributed by atoms with Gasteiger partial charge in [0.2, 0.25) is 0 Å². The zero-order valence-corrected chi connectivity index (χ0v) is 12.1. The molecular formula is C14H22ClFN2. The third-order valence-corrected chi connectivity index (χ3v) is 3.11. The molecule has 0 radical (unpaired) electrons. The van der Waals surface area contributed by atoms with E-state index in [-0.39, 0.29) is 5.82 Å². The van der Waals surface area contributed by atoms with Crippen LogP contribution in [0.2, 0.25) is 5.02 Å². The van der Waals surface area contributed by atoms with E-state index in [1.54, 1.807) is 6.07 Å². The smallest absolute Gasteiger partial charge is 0.123 e. The van der Waals surface area contributed by atoms with Gasteiger partial charge in [-0.05, 0) is 57.2 Å². The maximum absolute atomic E-state index is 13.2. The first kappa shape index (κ1) is 15.4. The molecule has 0 aromatic heterocycles. The highest BCUT2D eigenvalue weighted by molar-refractivity contribution is 6.31. The van der Waals surface area contributed by atoms with Gasteiger partial charge in [-0.1, -0.05) is 18.5 Å². The molecule has 1 atom stereocenters. The highest BCUT2D eigenvalue weighted by atomic mass is 35.5. The molecule has 0 aliphatic rings. The van der Waals surface area contributed by atoms with Crippen molar-refractivity contribution in [3.8, 4) is 0 Å². The molecule has 1 unspecified atom stereocenters. The van der Waals surface area contributed by atoms with E-state index in [2.05, 4.69) is 17.1 Å². The van der Waals surface area contributed by atoms with E-state index < -0.39 is 0 Å². The van der Waals surface area contributed by atoms with E-state index in [1.807, 2.05) is 14.1 Å². The number of nitrogens with one attached hydrogen (secondary N) is 1. The molecule has 0 aliphatic carbocycles. The predicted molar refractivity (Wildman–Crippen MR) is 75.7 cm³/mol. The van der Waals surface area contributed by atoms with E-state index in [9.17, 15) is 4.39 Å². The Balaban J connectivity index is 2.71. The third kappa shape index (κ3) is 5.34. The Morgan fingerprint density at radius 1 is 1.39 bits per heavy atom. The molecule has 0 heterocycles. The van der Waals surface area contributed by atoms with Gasteiger partial charge in [-0.25, -0.2) is 4.39 Å². The summed E-state index contributed by atoms with van der Waals surface area (Å²) in [5.41, 5.74) is 0.868. The van der Waals surface area contributed by atoms with Crippen molar-refractivity contribution in [1.82, 2.24) is 10.2 Å². The first-order chi connectivity index (χ1) is 8.52. The highest BCUT2D eigenvalue weighted by Crippen LogP contribution is 2.18. The van der Waals surface area contributed by atoms with Crippen LogP contribution in [0.3, 0.4) is 0 Å². The summed E-state index contributed by atoms with van der Waals surface area (Å²) in [6.45, 7) is 4.01. The van der Waals surface area contributed by atoms with E-state index in [1.165, 1.54) is 12.1 Å². The molecule has 1 aromatic carbocycles. The summed E-state index contributed by atoms with van der Waals surface area (Å²) < 4.78 is 13.2. The van der Waals surface area contributed by atoms with E-state index >= 15 is 0 Å². The van der Waals surface area contributed by atoms with Gasteiger partial charge in [-0.15, -0.1) is 0 Å². The second-order valence-corrected chi connectivity index (χ2v) is 5.26. The molecule has 0 fully saturated rings. The van der Waals surface area contributed by atoms with E-state index in [0.29, 0.717) is 11.1 Å². The average Bonchev–Trinajstić information content (AvgIpc) is 2.30. The van der Waals surface area contributed by atoms with Gasteiger partial charge in [0.15, 0.2) is 0 Å². The van der Waals surface area contributed by atoms with Crippen LogP contribution in [0, 0.1) is 5.82 Å². The van der Waals surface area contributed by atoms with Crippen LogP contribution in [-0.4, -0.2) is 38.1 Å². The monoisotopic (exact) mass is 272 g/mol. The lowest BCUT2D eigenvalue weighted by Gasteiger charge is -2.22. The van der Waals surface area contributed by atoms with Crippen LogP contribution in [0.25, 0.3) is 0 Å². The standard InChI is InChI=1S/C14H22ClFN2/c1-4-7-17-13(10-18(2)3)9-11-8-12(16)5-6-14(11)15/h5-6,8,13,17H,4,7,9-10H2,1-3H3. The van der Waals surface area contributed by atoms with Gasteiger partial charge >= 0.3 is 0 Å². The average molecular weight is 273 g/mol. The fourth-order valence-corrected chi connectivity index (χ4v) is 2.15. The minimum Gasteiger partial charge on any atom is -0.312 e. The molecule has 0 aliphatic heterocycles. The topological polar surface area (TPSA) is 15.3 Å². The molecule has 102 valence electrons. The lowest BCUT2D eigenvalue weighted by molar-refractivity contribution is 0.336. The predicted octanol–water partition coefficient (Wildman–Crippen LogP) is 2.95. The second-order valence-electron chi connectivity index (χ2n) is 4.85. The Morgan fingerprint density at radius 2 is 2.11 bits per heavy atom. The van der Waals surface area contributed by atoms with Gasteiger partial charge in [0.1, 0.15) is 5.82 Å². The number of benzene rings is 1. The third-order valence-electron chi connectivity index (χ3n) is 2.74. The first-order valence-electron chi connectivity index (χ1n) is 6.35. The molecule has 18 heavy (non-hydrogen) atoms. The molecule has 0 spiro atoms. The van der Waals surface area contributed by atoms with Crippen molar-refractivity contribution in [2.75, 3.05) is 27.2 Å². The van der Waals surface area contributed by atoms with Crippen molar-refractivity contribution in [3.63, 3.8) is 0 Å². The van der Waals surface area contributed by atoms with Gasteiger partial charge in [0.25, 0.3) is 0 Å². The van der Waals surface area contributed by atoms with Gasteiger partial charge in [0, 0.05) is 17.6 Å². The first-order valence-corrected chi connectivity index (χ1v) is 6.72. The lowest BCUT2D eigenvalue weighted by atomic mass is 10.1. The number of hydrogen-bond donors (Lipinski definition) is 1. The quantitative estimate of drug-likeness (QED) is 0.821. The summed E-state index contributed by atoms with van der Waals surface area (Å²) in [5, 5.41) is 4.11. The molecule has 1 aromatic rings. The summed E-state index contributed by atoms with van der Waals surface area (Å²) in [6, 6.07) is 4.84. The van der Waals surface area contributed by atoms with Crippen LogP contribution in [0.1, 0.15) is 18.9 Å². The Morgan fingerprint density at radius 3 is 2.72 bits per heavy atom. The Labute approximate surface area is 114 Å². The summed E-state index contributed by atoms with van der Waals surface area (Å²) in [7, 11) is 4.07. The van der Waals surface area contributed by atoms with Crippen LogP contribution >= 0.6 is 11.6 Å². The summed E-state index contributed by atoms with van der Waals surface area (Å²) in [4.78, 5) is 2.13. The fourth-order valence-electron chi connectivity index (χ4n) is 1.96. The maximum Gasteiger partial charge on any atom is 0.123 e. The van der Waals surface area contributed by atoms with Crippen molar-refractivity contribution < 1.29 is 4.39 Å². The minimum absolute atomic E-state index is 0.228. The molecule has 2 nitrogen and oxygen atoms in total. The van der Waals surface area contributed by atoms with Crippen molar-refractivity contribution in [2.24, 2.45) is 0 Å². The number of likely N-dealkylation sites (N-methyl/N-ethyl adjacent to an activating group) is 1. The number of hydrogen-bond acceptors (Lipinski definition) is 2. The van der Waals surface area contributed by atoms with Gasteiger partial charge < -0.3 is 10.2 Å². The number of rotatable bonds is 7. The highest BCUT2D eigenvalue weighted by Gasteiger charge is 2.12. The second kappa shape index (κ2) is 7.72. The maximum atomic E-state index is 13.2. The molecule has 0 amide bonds. The SMILES string of the molecule is CCCNC(Cc1cc(F)ccc1Cl)CN(C)C. The molecule has 0 saturated carbocycles. The Hall–Kier alpha value is -0.640. The molecular weight excluding hydrogens is 251 g/mol. The molecule has 1 N–H and O–H groups in total. The van der Waals surface area contributed by atoms with Crippen molar-refractivity contribution in [1.29, 1.82) is 0 Å². The van der Waals surface area contributed by atoms with Crippen molar-refractivity contribution in [3.05, 3.63) is 34.6 Å². The fraction of sp³-hybridized carbons (Fsp3) is 0.571. The van der Waals surface area contributed by atoms with Crippen molar-refractivity contribution >= 4 is 11.6 Å². The number of halogens is 2. The minimum atomic E-state index is -0.228. The van der Waals surface area contributed by atoms with Gasteiger partial charge in [-0.2, -0.15) is 0 Å². The van der Waals surface area contributed by atoms with Crippen LogP contribution in [0.4, 0.5) is 4.39 Å². The molecule has 1 rings (SSSR count). The molecule has 4 heteroatoms. The van der Waals surface area contributed by atoms with Crippen LogP contribution in [0.15, 0.2) is 18.2 Å². The molecule has 0 saturated heterocycles. The number of nitrogens with zero attached hydrogens (tertiary/aromatic N) is 1.